The lowest BCUT2D eigenvalue weighted by Gasteiger charge is -2.23. The number of hydrogen-bond acceptors (Lipinski definition) is 4. The Morgan fingerprint density at radius 3 is 3.00 bits per heavy atom. The van der Waals surface area contributed by atoms with Crippen LogP contribution in [0, 0.1) is 0 Å². The zero-order valence-electron chi connectivity index (χ0n) is 10.8. The van der Waals surface area contributed by atoms with Crippen LogP contribution >= 0.6 is 22.9 Å². The van der Waals surface area contributed by atoms with E-state index in [0.29, 0.717) is 18.0 Å². The van der Waals surface area contributed by atoms with Gasteiger partial charge in [0.25, 0.3) is 5.91 Å². The highest BCUT2D eigenvalue weighted by atomic mass is 35.5. The Hall–Kier alpha value is -1.72. The molecule has 0 aliphatic carbocycles. The molecule has 1 atom stereocenters. The monoisotopic (exact) mass is 308 g/mol. The van der Waals surface area contributed by atoms with Gasteiger partial charge >= 0.3 is 0 Å². The molecule has 1 aromatic carbocycles. The summed E-state index contributed by atoms with van der Waals surface area (Å²) in [5.41, 5.74) is 1.62. The van der Waals surface area contributed by atoms with Crippen molar-refractivity contribution in [2.24, 2.45) is 0 Å². The van der Waals surface area contributed by atoms with Crippen LogP contribution in [0.1, 0.15) is 11.8 Å². The van der Waals surface area contributed by atoms with Crippen LogP contribution in [0.25, 0.3) is 0 Å². The van der Waals surface area contributed by atoms with Gasteiger partial charge in [-0.25, -0.2) is 0 Å². The van der Waals surface area contributed by atoms with Gasteiger partial charge in [-0.2, -0.15) is 0 Å². The molecular weight excluding hydrogens is 296 g/mol. The Kier molecular flexibility index (Phi) is 3.54. The van der Waals surface area contributed by atoms with E-state index in [1.807, 2.05) is 30.3 Å². The highest BCUT2D eigenvalue weighted by Gasteiger charge is 2.23. The first-order valence-corrected chi connectivity index (χ1v) is 7.41. The number of thiophene rings is 1. The second-order valence-corrected chi connectivity index (χ2v) is 6.32. The minimum absolute atomic E-state index is 0.125. The third kappa shape index (κ3) is 2.73. The van der Waals surface area contributed by atoms with Crippen molar-refractivity contribution < 1.29 is 9.53 Å². The maximum absolute atomic E-state index is 11.6. The highest BCUT2D eigenvalue weighted by Crippen LogP contribution is 2.32. The SMILES string of the molecule is CC1Oc2ccc(NCc3ccc(Cl)s3)cc2NC1=O. The summed E-state index contributed by atoms with van der Waals surface area (Å²) in [5.74, 6) is 0.571. The highest BCUT2D eigenvalue weighted by molar-refractivity contribution is 7.16. The minimum atomic E-state index is -0.449. The Labute approximate surface area is 125 Å². The van der Waals surface area contributed by atoms with E-state index in [-0.39, 0.29) is 5.91 Å². The van der Waals surface area contributed by atoms with Crippen LogP contribution in [0.4, 0.5) is 11.4 Å². The lowest BCUT2D eigenvalue weighted by molar-refractivity contribution is -0.122. The first-order chi connectivity index (χ1) is 9.61. The largest absolute Gasteiger partial charge is 0.479 e. The normalized spacial score (nSPS) is 17.1. The molecule has 104 valence electrons. The van der Waals surface area contributed by atoms with E-state index >= 15 is 0 Å². The molecule has 2 aromatic rings. The smallest absolute Gasteiger partial charge is 0.265 e. The summed E-state index contributed by atoms with van der Waals surface area (Å²) in [7, 11) is 0. The molecular formula is C14H13ClN2O2S. The van der Waals surface area contributed by atoms with Crippen LogP contribution in [-0.4, -0.2) is 12.0 Å². The van der Waals surface area contributed by atoms with Crippen molar-refractivity contribution in [3.63, 3.8) is 0 Å². The summed E-state index contributed by atoms with van der Waals surface area (Å²) in [4.78, 5) is 12.7. The van der Waals surface area contributed by atoms with E-state index in [4.69, 9.17) is 16.3 Å². The van der Waals surface area contributed by atoms with Crippen LogP contribution < -0.4 is 15.4 Å². The van der Waals surface area contributed by atoms with Gasteiger partial charge in [-0.05, 0) is 37.3 Å². The molecule has 3 rings (SSSR count). The number of carbonyl (C=O) groups is 1. The molecule has 6 heteroatoms. The number of anilines is 2. The second kappa shape index (κ2) is 5.34. The molecule has 0 bridgehead atoms. The average molecular weight is 309 g/mol. The van der Waals surface area contributed by atoms with E-state index in [1.165, 1.54) is 0 Å². The van der Waals surface area contributed by atoms with E-state index in [9.17, 15) is 4.79 Å². The van der Waals surface area contributed by atoms with Gasteiger partial charge in [-0.1, -0.05) is 11.6 Å². The standard InChI is InChI=1S/C14H13ClN2O2S/c1-8-14(18)17-11-6-9(2-4-12(11)19-8)16-7-10-3-5-13(15)20-10/h2-6,8,16H,7H2,1H3,(H,17,18). The molecule has 20 heavy (non-hydrogen) atoms. The van der Waals surface area contributed by atoms with Crippen LogP contribution in [0.3, 0.4) is 0 Å². The van der Waals surface area contributed by atoms with E-state index in [1.54, 1.807) is 18.3 Å². The topological polar surface area (TPSA) is 50.4 Å². The number of rotatable bonds is 3. The number of nitrogens with one attached hydrogen (secondary N) is 2. The van der Waals surface area contributed by atoms with Crippen molar-refractivity contribution in [1.82, 2.24) is 0 Å². The van der Waals surface area contributed by atoms with Crippen molar-refractivity contribution in [2.75, 3.05) is 10.6 Å². The number of halogens is 1. The third-order valence-electron chi connectivity index (χ3n) is 3.01. The molecule has 0 saturated heterocycles. The summed E-state index contributed by atoms with van der Waals surface area (Å²) in [5, 5.41) is 6.13. The first-order valence-electron chi connectivity index (χ1n) is 6.21. The maximum Gasteiger partial charge on any atom is 0.265 e. The van der Waals surface area contributed by atoms with Gasteiger partial charge in [0.1, 0.15) is 5.75 Å². The Morgan fingerprint density at radius 1 is 1.40 bits per heavy atom. The van der Waals surface area contributed by atoms with Crippen LogP contribution in [0.15, 0.2) is 30.3 Å². The Morgan fingerprint density at radius 2 is 2.25 bits per heavy atom. The molecule has 2 N–H and O–H groups in total. The van der Waals surface area contributed by atoms with Gasteiger partial charge < -0.3 is 15.4 Å². The van der Waals surface area contributed by atoms with Gasteiger partial charge in [0.05, 0.1) is 10.0 Å². The van der Waals surface area contributed by atoms with E-state index < -0.39 is 6.10 Å². The molecule has 1 aliphatic rings. The van der Waals surface area contributed by atoms with Crippen molar-refractivity contribution in [2.45, 2.75) is 19.6 Å². The Balaban J connectivity index is 1.72. The van der Waals surface area contributed by atoms with E-state index in [0.717, 1.165) is 14.9 Å². The molecule has 1 unspecified atom stereocenters. The zero-order valence-corrected chi connectivity index (χ0v) is 12.3. The van der Waals surface area contributed by atoms with Crippen molar-refractivity contribution in [1.29, 1.82) is 0 Å². The van der Waals surface area contributed by atoms with Crippen molar-refractivity contribution in [3.05, 3.63) is 39.5 Å². The molecule has 0 fully saturated rings. The number of carbonyl (C=O) groups excluding carboxylic acids is 1. The second-order valence-electron chi connectivity index (χ2n) is 4.52. The zero-order chi connectivity index (χ0) is 14.1. The van der Waals surface area contributed by atoms with Gasteiger partial charge in [0.15, 0.2) is 6.10 Å². The fourth-order valence-electron chi connectivity index (χ4n) is 1.95. The van der Waals surface area contributed by atoms with Crippen LogP contribution in [0.2, 0.25) is 4.34 Å². The first kappa shape index (κ1) is 13.3. The molecule has 1 amide bonds. The lowest BCUT2D eigenvalue weighted by Crippen LogP contribution is -2.34. The number of benzene rings is 1. The molecule has 2 heterocycles. The van der Waals surface area contributed by atoms with Gasteiger partial charge in [-0.3, -0.25) is 4.79 Å². The minimum Gasteiger partial charge on any atom is -0.479 e. The number of fused-ring (bicyclic) bond motifs is 1. The quantitative estimate of drug-likeness (QED) is 0.908. The molecule has 0 radical (unpaired) electrons. The molecule has 4 nitrogen and oxygen atoms in total. The number of hydrogen-bond donors (Lipinski definition) is 2. The molecule has 1 aliphatic heterocycles. The van der Waals surface area contributed by atoms with Crippen LogP contribution in [-0.2, 0) is 11.3 Å². The molecule has 0 spiro atoms. The molecule has 0 saturated carbocycles. The van der Waals surface area contributed by atoms with Crippen LogP contribution in [0.5, 0.6) is 5.75 Å². The van der Waals surface area contributed by atoms with Gasteiger partial charge in [0, 0.05) is 17.1 Å². The third-order valence-corrected chi connectivity index (χ3v) is 4.24. The summed E-state index contributed by atoms with van der Waals surface area (Å²) in [6, 6.07) is 9.53. The fourth-order valence-corrected chi connectivity index (χ4v) is 2.98. The Bertz CT molecular complexity index is 656. The predicted octanol–water partition coefficient (Wildman–Crippen LogP) is 3.73. The van der Waals surface area contributed by atoms with Gasteiger partial charge in [0.2, 0.25) is 0 Å². The lowest BCUT2D eigenvalue weighted by atomic mass is 10.2. The summed E-state index contributed by atoms with van der Waals surface area (Å²) in [6.07, 6.45) is -0.449. The van der Waals surface area contributed by atoms with Crippen molar-refractivity contribution >= 4 is 40.2 Å². The van der Waals surface area contributed by atoms with Gasteiger partial charge in [-0.15, -0.1) is 11.3 Å². The molecule has 1 aromatic heterocycles. The number of amides is 1. The van der Waals surface area contributed by atoms with Crippen molar-refractivity contribution in [3.8, 4) is 5.75 Å². The predicted molar refractivity (Wildman–Crippen MR) is 81.8 cm³/mol. The summed E-state index contributed by atoms with van der Waals surface area (Å²) >= 11 is 7.44. The maximum atomic E-state index is 11.6. The fraction of sp³-hybridized carbons (Fsp3) is 0.214. The summed E-state index contributed by atoms with van der Waals surface area (Å²) < 4.78 is 6.29. The average Bonchev–Trinajstić information content (AvgIpc) is 2.84. The summed E-state index contributed by atoms with van der Waals surface area (Å²) in [6.45, 7) is 2.42. The number of ether oxygens (including phenoxy) is 1. The van der Waals surface area contributed by atoms with E-state index in [2.05, 4.69) is 10.6 Å².